The number of nitrogens with zero attached hydrogens (tertiary/aromatic N) is 1. The average molecular weight is 242 g/mol. The van der Waals surface area contributed by atoms with Crippen LogP contribution in [0.2, 0.25) is 5.02 Å². The van der Waals surface area contributed by atoms with Gasteiger partial charge in [-0.05, 0) is 12.1 Å². The van der Waals surface area contributed by atoms with Gasteiger partial charge >= 0.3 is 11.7 Å². The number of hydrogen-bond donors (Lipinski definition) is 1. The molecule has 0 amide bonds. The van der Waals surface area contributed by atoms with Gasteiger partial charge < -0.3 is 9.52 Å². The Hall–Kier alpha value is -1.75. The van der Waals surface area contributed by atoms with Crippen LogP contribution >= 0.6 is 11.6 Å². The minimum absolute atomic E-state index is 0.0709. The van der Waals surface area contributed by atoms with Crippen LogP contribution in [0, 0.1) is 0 Å². The molecule has 0 saturated heterocycles. The Balaban J connectivity index is 2.52. The van der Waals surface area contributed by atoms with E-state index in [2.05, 4.69) is 0 Å². The van der Waals surface area contributed by atoms with Gasteiger partial charge in [0.25, 0.3) is 0 Å². The zero-order valence-corrected chi connectivity index (χ0v) is 8.90. The first-order valence-electron chi connectivity index (χ1n) is 4.59. The maximum atomic E-state index is 11.4. The average Bonchev–Trinajstić information content (AvgIpc) is 2.53. The molecule has 1 N–H and O–H groups in total. The second kappa shape index (κ2) is 4.02. The van der Waals surface area contributed by atoms with E-state index in [-0.39, 0.29) is 13.0 Å². The van der Waals surface area contributed by atoms with E-state index in [9.17, 15) is 9.59 Å². The number of benzene rings is 1. The zero-order chi connectivity index (χ0) is 11.7. The summed E-state index contributed by atoms with van der Waals surface area (Å²) in [6.45, 7) is 0.0709. The summed E-state index contributed by atoms with van der Waals surface area (Å²) in [6.07, 6.45) is -0.138. The summed E-state index contributed by atoms with van der Waals surface area (Å²) in [7, 11) is 0. The smallest absolute Gasteiger partial charge is 0.420 e. The van der Waals surface area contributed by atoms with Crippen molar-refractivity contribution in [2.75, 3.05) is 0 Å². The van der Waals surface area contributed by atoms with Crippen LogP contribution in [0.25, 0.3) is 11.1 Å². The van der Waals surface area contributed by atoms with Crippen molar-refractivity contribution in [2.24, 2.45) is 0 Å². The SMILES string of the molecule is O=C(O)CCn1c(=O)oc2c(Cl)cccc21. The number of aliphatic carboxylic acids is 1. The molecule has 84 valence electrons. The van der Waals surface area contributed by atoms with Crippen molar-refractivity contribution in [1.29, 1.82) is 0 Å². The number of para-hydroxylation sites is 1. The van der Waals surface area contributed by atoms with Crippen molar-refractivity contribution in [3.05, 3.63) is 33.8 Å². The van der Waals surface area contributed by atoms with Crippen LogP contribution in [-0.4, -0.2) is 15.6 Å². The molecule has 0 unspecified atom stereocenters. The fourth-order valence-electron chi connectivity index (χ4n) is 1.47. The van der Waals surface area contributed by atoms with E-state index in [1.54, 1.807) is 18.2 Å². The molecule has 0 fully saturated rings. The Bertz CT molecular complexity index is 598. The molecule has 1 aromatic carbocycles. The molecule has 0 spiro atoms. The predicted molar refractivity (Wildman–Crippen MR) is 57.7 cm³/mol. The third-order valence-electron chi connectivity index (χ3n) is 2.20. The Morgan fingerprint density at radius 1 is 1.50 bits per heavy atom. The number of hydrogen-bond acceptors (Lipinski definition) is 3. The second-order valence-corrected chi connectivity index (χ2v) is 3.66. The van der Waals surface area contributed by atoms with Crippen molar-refractivity contribution in [2.45, 2.75) is 13.0 Å². The van der Waals surface area contributed by atoms with Gasteiger partial charge in [0.1, 0.15) is 0 Å². The molecule has 1 heterocycles. The standard InChI is InChI=1S/C10H8ClNO4/c11-6-2-1-3-7-9(6)16-10(15)12(7)5-4-8(13)14/h1-3H,4-5H2,(H,13,14). The number of aromatic nitrogens is 1. The highest BCUT2D eigenvalue weighted by Gasteiger charge is 2.12. The maximum Gasteiger partial charge on any atom is 0.420 e. The minimum atomic E-state index is -0.969. The molecule has 16 heavy (non-hydrogen) atoms. The quantitative estimate of drug-likeness (QED) is 0.888. The summed E-state index contributed by atoms with van der Waals surface area (Å²) < 4.78 is 6.20. The fourth-order valence-corrected chi connectivity index (χ4v) is 1.68. The molecule has 0 radical (unpaired) electrons. The number of rotatable bonds is 3. The molecule has 2 aromatic rings. The topological polar surface area (TPSA) is 72.4 Å². The molecule has 0 saturated carbocycles. The molecule has 0 aliphatic rings. The maximum absolute atomic E-state index is 11.4. The summed E-state index contributed by atoms with van der Waals surface area (Å²) in [6, 6.07) is 4.94. The van der Waals surface area contributed by atoms with Crippen LogP contribution in [0.3, 0.4) is 0 Å². The Morgan fingerprint density at radius 2 is 2.25 bits per heavy atom. The number of carboxylic acids is 1. The summed E-state index contributed by atoms with van der Waals surface area (Å²) in [4.78, 5) is 21.9. The van der Waals surface area contributed by atoms with E-state index in [1.165, 1.54) is 4.57 Å². The van der Waals surface area contributed by atoms with E-state index in [1.807, 2.05) is 0 Å². The Kier molecular flexibility index (Phi) is 2.70. The first-order chi connectivity index (χ1) is 7.59. The van der Waals surface area contributed by atoms with E-state index in [4.69, 9.17) is 21.1 Å². The van der Waals surface area contributed by atoms with Crippen molar-refractivity contribution >= 4 is 28.7 Å². The number of carbonyl (C=O) groups is 1. The first kappa shape index (κ1) is 10.8. The highest BCUT2D eigenvalue weighted by molar-refractivity contribution is 6.34. The van der Waals surface area contributed by atoms with Gasteiger partial charge in [0.05, 0.1) is 17.0 Å². The van der Waals surface area contributed by atoms with Gasteiger partial charge in [-0.2, -0.15) is 0 Å². The predicted octanol–water partition coefficient (Wildman–Crippen LogP) is 1.72. The number of fused-ring (bicyclic) bond motifs is 1. The van der Waals surface area contributed by atoms with Gasteiger partial charge in [-0.1, -0.05) is 17.7 Å². The van der Waals surface area contributed by atoms with Crippen LogP contribution in [-0.2, 0) is 11.3 Å². The van der Waals surface area contributed by atoms with Crippen LogP contribution in [0.5, 0.6) is 0 Å². The van der Waals surface area contributed by atoms with Gasteiger partial charge in [0.2, 0.25) is 0 Å². The molecule has 2 rings (SSSR count). The molecular weight excluding hydrogens is 234 g/mol. The normalized spacial score (nSPS) is 10.8. The number of carboxylic acid groups (broad SMARTS) is 1. The van der Waals surface area contributed by atoms with E-state index in [0.29, 0.717) is 16.1 Å². The van der Waals surface area contributed by atoms with Gasteiger partial charge in [-0.15, -0.1) is 0 Å². The highest BCUT2D eigenvalue weighted by atomic mass is 35.5. The number of aryl methyl sites for hydroxylation is 1. The fraction of sp³-hybridized carbons (Fsp3) is 0.200. The third kappa shape index (κ3) is 1.81. The lowest BCUT2D eigenvalue weighted by atomic mass is 10.3. The molecule has 0 atom stereocenters. The van der Waals surface area contributed by atoms with Crippen molar-refractivity contribution in [3.63, 3.8) is 0 Å². The lowest BCUT2D eigenvalue weighted by molar-refractivity contribution is -0.137. The Labute approximate surface area is 94.9 Å². The molecule has 0 aliphatic heterocycles. The second-order valence-electron chi connectivity index (χ2n) is 3.25. The Morgan fingerprint density at radius 3 is 2.94 bits per heavy atom. The van der Waals surface area contributed by atoms with Crippen LogP contribution in [0.15, 0.2) is 27.4 Å². The van der Waals surface area contributed by atoms with Crippen molar-refractivity contribution < 1.29 is 14.3 Å². The van der Waals surface area contributed by atoms with Crippen LogP contribution < -0.4 is 5.76 Å². The van der Waals surface area contributed by atoms with Crippen molar-refractivity contribution in [1.82, 2.24) is 4.57 Å². The van der Waals surface area contributed by atoms with E-state index in [0.717, 1.165) is 0 Å². The molecule has 1 aromatic heterocycles. The largest absolute Gasteiger partial charge is 0.481 e. The molecule has 0 aliphatic carbocycles. The third-order valence-corrected chi connectivity index (χ3v) is 2.49. The van der Waals surface area contributed by atoms with Crippen molar-refractivity contribution in [3.8, 4) is 0 Å². The summed E-state index contributed by atoms with van der Waals surface area (Å²) >= 11 is 5.84. The number of oxazole rings is 1. The lowest BCUT2D eigenvalue weighted by Crippen LogP contribution is -2.16. The van der Waals surface area contributed by atoms with Gasteiger partial charge in [-0.3, -0.25) is 9.36 Å². The zero-order valence-electron chi connectivity index (χ0n) is 8.14. The highest BCUT2D eigenvalue weighted by Crippen LogP contribution is 2.22. The van der Waals surface area contributed by atoms with E-state index < -0.39 is 11.7 Å². The first-order valence-corrected chi connectivity index (χ1v) is 4.97. The minimum Gasteiger partial charge on any atom is -0.481 e. The molecule has 6 heteroatoms. The molecule has 5 nitrogen and oxygen atoms in total. The number of halogens is 1. The van der Waals surface area contributed by atoms with Crippen LogP contribution in [0.1, 0.15) is 6.42 Å². The summed E-state index contributed by atoms with van der Waals surface area (Å²) in [5, 5.41) is 8.89. The monoisotopic (exact) mass is 241 g/mol. The lowest BCUT2D eigenvalue weighted by Gasteiger charge is -1.98. The summed E-state index contributed by atoms with van der Waals surface area (Å²) in [5.74, 6) is -1.56. The van der Waals surface area contributed by atoms with E-state index >= 15 is 0 Å². The van der Waals surface area contributed by atoms with Gasteiger partial charge in [0, 0.05) is 6.54 Å². The molecular formula is C10H8ClNO4. The molecule has 0 bridgehead atoms. The van der Waals surface area contributed by atoms with Gasteiger partial charge in [0.15, 0.2) is 5.58 Å². The van der Waals surface area contributed by atoms with Crippen LogP contribution in [0.4, 0.5) is 0 Å². The summed E-state index contributed by atoms with van der Waals surface area (Å²) in [5.41, 5.74) is 0.804. The van der Waals surface area contributed by atoms with Gasteiger partial charge in [-0.25, -0.2) is 4.79 Å².